The van der Waals surface area contributed by atoms with Crippen molar-refractivity contribution in [1.29, 1.82) is 0 Å². The van der Waals surface area contributed by atoms with E-state index < -0.39 is 0 Å². The Kier molecular flexibility index (Phi) is 3.21. The molecular weight excluding hydrogens is 256 g/mol. The summed E-state index contributed by atoms with van der Waals surface area (Å²) in [6.07, 6.45) is 1.85. The van der Waals surface area contributed by atoms with Crippen LogP contribution in [0, 0.1) is 0 Å². The number of hydrogen-bond donors (Lipinski definition) is 1. The van der Waals surface area contributed by atoms with Gasteiger partial charge in [-0.3, -0.25) is 0 Å². The smallest absolute Gasteiger partial charge is 0.203 e. The highest BCUT2D eigenvalue weighted by Gasteiger charge is 2.11. The number of aromatic nitrogens is 3. The van der Waals surface area contributed by atoms with Gasteiger partial charge in [0.25, 0.3) is 0 Å². The van der Waals surface area contributed by atoms with E-state index >= 15 is 0 Å². The van der Waals surface area contributed by atoms with Crippen LogP contribution >= 0.6 is 11.3 Å². The maximum Gasteiger partial charge on any atom is 0.203 e. The van der Waals surface area contributed by atoms with Crippen LogP contribution in [0.5, 0.6) is 0 Å². The normalized spacial score (nSPS) is 12.7. The number of thiazole rings is 1. The first kappa shape index (κ1) is 12.2. The minimum Gasteiger partial charge on any atom is -0.355 e. The molecule has 0 aliphatic rings. The van der Waals surface area contributed by atoms with Crippen LogP contribution in [0.25, 0.3) is 11.0 Å². The molecule has 1 atom stereocenters. The van der Waals surface area contributed by atoms with Gasteiger partial charge < -0.3 is 9.88 Å². The highest BCUT2D eigenvalue weighted by Crippen LogP contribution is 2.20. The zero-order valence-electron chi connectivity index (χ0n) is 11.0. The Hall–Kier alpha value is -1.88. The minimum atomic E-state index is 0.389. The van der Waals surface area contributed by atoms with Crippen molar-refractivity contribution in [3.8, 4) is 0 Å². The first-order valence-corrected chi connectivity index (χ1v) is 7.18. The van der Waals surface area contributed by atoms with E-state index in [4.69, 9.17) is 0 Å². The number of hydrogen-bond acceptors (Lipinski definition) is 4. The molecule has 19 heavy (non-hydrogen) atoms. The van der Waals surface area contributed by atoms with Crippen molar-refractivity contribution in [1.82, 2.24) is 14.5 Å². The number of benzene rings is 1. The molecule has 0 bridgehead atoms. The van der Waals surface area contributed by atoms with Crippen LogP contribution in [0.2, 0.25) is 0 Å². The Morgan fingerprint density at radius 2 is 2.21 bits per heavy atom. The fourth-order valence-electron chi connectivity index (χ4n) is 2.11. The summed E-state index contributed by atoms with van der Waals surface area (Å²) in [7, 11) is 2.03. The second kappa shape index (κ2) is 5.01. The molecule has 98 valence electrons. The van der Waals surface area contributed by atoms with E-state index in [1.807, 2.05) is 36.8 Å². The van der Waals surface area contributed by atoms with Crippen molar-refractivity contribution < 1.29 is 0 Å². The van der Waals surface area contributed by atoms with Crippen LogP contribution in [0.1, 0.15) is 17.8 Å². The van der Waals surface area contributed by atoms with Crippen LogP contribution in [-0.2, 0) is 7.05 Å². The number of anilines is 1. The predicted octanol–water partition coefficient (Wildman–Crippen LogP) is 3.25. The van der Waals surface area contributed by atoms with E-state index in [0.717, 1.165) is 28.5 Å². The highest BCUT2D eigenvalue weighted by molar-refractivity contribution is 7.09. The van der Waals surface area contributed by atoms with Crippen LogP contribution < -0.4 is 5.32 Å². The Morgan fingerprint density at radius 1 is 1.37 bits per heavy atom. The number of para-hydroxylation sites is 2. The molecule has 0 fully saturated rings. The maximum absolute atomic E-state index is 4.60. The van der Waals surface area contributed by atoms with E-state index in [9.17, 15) is 0 Å². The van der Waals surface area contributed by atoms with Gasteiger partial charge in [-0.25, -0.2) is 9.97 Å². The molecule has 0 amide bonds. The number of aryl methyl sites for hydroxylation is 1. The van der Waals surface area contributed by atoms with Crippen LogP contribution in [0.3, 0.4) is 0 Å². The zero-order chi connectivity index (χ0) is 13.2. The van der Waals surface area contributed by atoms with Gasteiger partial charge in [0.15, 0.2) is 0 Å². The molecule has 4 nitrogen and oxygen atoms in total. The second-order valence-corrected chi connectivity index (χ2v) is 5.56. The van der Waals surface area contributed by atoms with Crippen LogP contribution in [-0.4, -0.2) is 21.1 Å². The number of fused-ring (bicyclic) bond motifs is 1. The average Bonchev–Trinajstić information content (AvgIpc) is 3.05. The summed E-state index contributed by atoms with van der Waals surface area (Å²) >= 11 is 1.70. The van der Waals surface area contributed by atoms with Gasteiger partial charge in [0.1, 0.15) is 0 Å². The van der Waals surface area contributed by atoms with E-state index in [1.165, 1.54) is 0 Å². The van der Waals surface area contributed by atoms with Crippen molar-refractivity contribution in [2.75, 3.05) is 11.9 Å². The summed E-state index contributed by atoms with van der Waals surface area (Å²) in [5.41, 5.74) is 2.17. The molecule has 3 aromatic rings. The molecule has 5 heteroatoms. The third-order valence-corrected chi connectivity index (χ3v) is 4.23. The summed E-state index contributed by atoms with van der Waals surface area (Å²) in [4.78, 5) is 8.95. The van der Waals surface area contributed by atoms with Crippen LogP contribution in [0.4, 0.5) is 5.95 Å². The summed E-state index contributed by atoms with van der Waals surface area (Å²) in [6, 6.07) is 8.16. The standard InChI is InChI=1S/C14H16N4S/c1-10(13-15-7-8-19-13)9-16-14-17-11-5-3-4-6-12(11)18(14)2/h3-8,10H,9H2,1-2H3,(H,16,17). The maximum atomic E-state index is 4.60. The third-order valence-electron chi connectivity index (χ3n) is 3.23. The molecule has 2 heterocycles. The molecule has 3 rings (SSSR count). The zero-order valence-corrected chi connectivity index (χ0v) is 11.8. The molecule has 0 saturated heterocycles. The van der Waals surface area contributed by atoms with E-state index in [-0.39, 0.29) is 0 Å². The molecule has 2 aromatic heterocycles. The van der Waals surface area contributed by atoms with Gasteiger partial charge >= 0.3 is 0 Å². The summed E-state index contributed by atoms with van der Waals surface area (Å²) in [6.45, 7) is 3.01. The number of rotatable bonds is 4. The lowest BCUT2D eigenvalue weighted by Gasteiger charge is -2.10. The van der Waals surface area contributed by atoms with Gasteiger partial charge in [-0.15, -0.1) is 11.3 Å². The lowest BCUT2D eigenvalue weighted by molar-refractivity contribution is 0.780. The second-order valence-electron chi connectivity index (χ2n) is 4.64. The largest absolute Gasteiger partial charge is 0.355 e. The Bertz CT molecular complexity index is 672. The fourth-order valence-corrected chi connectivity index (χ4v) is 2.81. The first-order chi connectivity index (χ1) is 9.25. The van der Waals surface area contributed by atoms with Gasteiger partial charge in [-0.05, 0) is 12.1 Å². The molecule has 1 unspecified atom stereocenters. The van der Waals surface area contributed by atoms with Crippen molar-refractivity contribution >= 4 is 28.3 Å². The summed E-state index contributed by atoms with van der Waals surface area (Å²) in [5, 5.41) is 6.58. The molecule has 1 N–H and O–H groups in total. The van der Waals surface area contributed by atoms with Crippen LogP contribution in [0.15, 0.2) is 35.8 Å². The molecule has 0 saturated carbocycles. The van der Waals surface area contributed by atoms with Gasteiger partial charge in [-0.2, -0.15) is 0 Å². The van der Waals surface area contributed by atoms with Crippen molar-refractivity contribution in [3.05, 3.63) is 40.8 Å². The molecular formula is C14H16N4S. The van der Waals surface area contributed by atoms with E-state index in [0.29, 0.717) is 5.92 Å². The van der Waals surface area contributed by atoms with Gasteiger partial charge in [0.2, 0.25) is 5.95 Å². The predicted molar refractivity (Wildman–Crippen MR) is 79.7 cm³/mol. The molecule has 0 radical (unpaired) electrons. The highest BCUT2D eigenvalue weighted by atomic mass is 32.1. The SMILES string of the molecule is CC(CNc1nc2ccccc2n1C)c1nccs1. The monoisotopic (exact) mass is 272 g/mol. The minimum absolute atomic E-state index is 0.389. The van der Waals surface area contributed by atoms with Crippen molar-refractivity contribution in [2.24, 2.45) is 7.05 Å². The lowest BCUT2D eigenvalue weighted by Crippen LogP contribution is -2.12. The number of nitrogens with one attached hydrogen (secondary N) is 1. The molecule has 1 aromatic carbocycles. The van der Waals surface area contributed by atoms with Gasteiger partial charge in [0.05, 0.1) is 16.0 Å². The lowest BCUT2D eigenvalue weighted by atomic mass is 10.2. The summed E-state index contributed by atoms with van der Waals surface area (Å²) in [5.74, 6) is 1.30. The Labute approximate surface area is 116 Å². The first-order valence-electron chi connectivity index (χ1n) is 6.30. The quantitative estimate of drug-likeness (QED) is 0.793. The van der Waals surface area contributed by atoms with E-state index in [1.54, 1.807) is 11.3 Å². The fraction of sp³-hybridized carbons (Fsp3) is 0.286. The van der Waals surface area contributed by atoms with Gasteiger partial charge in [0, 0.05) is 31.1 Å². The van der Waals surface area contributed by atoms with Crippen molar-refractivity contribution in [2.45, 2.75) is 12.8 Å². The topological polar surface area (TPSA) is 42.7 Å². The number of nitrogens with zero attached hydrogens (tertiary/aromatic N) is 3. The van der Waals surface area contributed by atoms with Gasteiger partial charge in [-0.1, -0.05) is 19.1 Å². The van der Waals surface area contributed by atoms with Crippen molar-refractivity contribution in [3.63, 3.8) is 0 Å². The Morgan fingerprint density at radius 3 is 2.95 bits per heavy atom. The summed E-state index contributed by atoms with van der Waals surface area (Å²) < 4.78 is 2.09. The third kappa shape index (κ3) is 2.33. The number of imidazole rings is 1. The average molecular weight is 272 g/mol. The molecule has 0 aliphatic carbocycles. The molecule has 0 spiro atoms. The Balaban J connectivity index is 1.77. The molecule has 0 aliphatic heterocycles. The van der Waals surface area contributed by atoms with E-state index in [2.05, 4.69) is 32.8 Å².